The van der Waals surface area contributed by atoms with E-state index < -0.39 is 5.97 Å². The van der Waals surface area contributed by atoms with Crippen LogP contribution in [-0.4, -0.2) is 28.7 Å². The number of nitrogens with one attached hydrogen (secondary N) is 1. The minimum absolute atomic E-state index is 0.0440. The number of hydrogen-bond acceptors (Lipinski definition) is 4. The molecule has 0 bridgehead atoms. The lowest BCUT2D eigenvalue weighted by molar-refractivity contribution is -0.116. The number of aryl methyl sites for hydroxylation is 2. The van der Waals surface area contributed by atoms with Crippen LogP contribution in [0, 0.1) is 13.8 Å². The van der Waals surface area contributed by atoms with Gasteiger partial charge in [-0.1, -0.05) is 18.2 Å². The number of aromatic hydroxyl groups is 1. The first-order valence-electron chi connectivity index (χ1n) is 7.93. The third-order valence-electron chi connectivity index (χ3n) is 3.72. The van der Waals surface area contributed by atoms with Crippen LogP contribution in [0.2, 0.25) is 0 Å². The molecule has 0 atom stereocenters. The number of anilines is 1. The Morgan fingerprint density at radius 2 is 1.80 bits per heavy atom. The second kappa shape index (κ2) is 8.19. The van der Waals surface area contributed by atoms with Crippen molar-refractivity contribution in [2.45, 2.75) is 26.7 Å². The molecule has 0 fully saturated rings. The lowest BCUT2D eigenvalue weighted by Crippen LogP contribution is -2.13. The molecule has 1 amide bonds. The fourth-order valence-electron chi connectivity index (χ4n) is 2.42. The molecule has 0 spiro atoms. The number of carbonyl (C=O) groups is 2. The van der Waals surface area contributed by atoms with Gasteiger partial charge >= 0.3 is 5.97 Å². The molecular weight excluding hydrogens is 322 g/mol. The van der Waals surface area contributed by atoms with Gasteiger partial charge in [0.25, 0.3) is 0 Å². The lowest BCUT2D eigenvalue weighted by atomic mass is 10.1. The maximum Gasteiger partial charge on any atom is 0.335 e. The second-order valence-corrected chi connectivity index (χ2v) is 5.76. The van der Waals surface area contributed by atoms with Crippen LogP contribution in [-0.2, 0) is 4.79 Å². The maximum absolute atomic E-state index is 11.9. The number of aromatic carboxylic acids is 1. The van der Waals surface area contributed by atoms with E-state index in [4.69, 9.17) is 9.84 Å². The lowest BCUT2D eigenvalue weighted by Gasteiger charge is -2.12. The number of rotatable bonds is 7. The van der Waals surface area contributed by atoms with Crippen molar-refractivity contribution in [2.24, 2.45) is 0 Å². The number of amides is 1. The molecule has 0 aliphatic carbocycles. The van der Waals surface area contributed by atoms with Gasteiger partial charge in [0.05, 0.1) is 17.9 Å². The Bertz CT molecular complexity index is 765. The van der Waals surface area contributed by atoms with E-state index in [2.05, 4.69) is 5.32 Å². The van der Waals surface area contributed by atoms with Gasteiger partial charge in [0.1, 0.15) is 11.5 Å². The van der Waals surface area contributed by atoms with Crippen LogP contribution < -0.4 is 10.1 Å². The van der Waals surface area contributed by atoms with Crippen LogP contribution in [0.5, 0.6) is 11.5 Å². The molecule has 0 aliphatic heterocycles. The van der Waals surface area contributed by atoms with Gasteiger partial charge in [-0.2, -0.15) is 0 Å². The van der Waals surface area contributed by atoms with Crippen molar-refractivity contribution in [1.29, 1.82) is 0 Å². The number of hydrogen-bond donors (Lipinski definition) is 3. The maximum atomic E-state index is 11.9. The highest BCUT2D eigenvalue weighted by atomic mass is 16.5. The summed E-state index contributed by atoms with van der Waals surface area (Å²) in [5.74, 6) is -0.856. The SMILES string of the molecule is Cc1cccc(C)c1OCCCC(=O)Nc1ccc(C(=O)O)cc1O. The normalized spacial score (nSPS) is 10.3. The zero-order valence-corrected chi connectivity index (χ0v) is 14.2. The van der Waals surface area contributed by atoms with Gasteiger partial charge in [-0.25, -0.2) is 4.79 Å². The summed E-state index contributed by atoms with van der Waals surface area (Å²) in [6.07, 6.45) is 0.749. The Kier molecular flexibility index (Phi) is 6.00. The van der Waals surface area contributed by atoms with Crippen LogP contribution in [0.25, 0.3) is 0 Å². The van der Waals surface area contributed by atoms with Crippen molar-refractivity contribution in [2.75, 3.05) is 11.9 Å². The largest absolute Gasteiger partial charge is 0.506 e. The summed E-state index contributed by atoms with van der Waals surface area (Å²) in [5.41, 5.74) is 2.24. The second-order valence-electron chi connectivity index (χ2n) is 5.76. The Hall–Kier alpha value is -3.02. The Morgan fingerprint density at radius 1 is 1.12 bits per heavy atom. The first kappa shape index (κ1) is 18.3. The van der Waals surface area contributed by atoms with Crippen LogP contribution in [0.3, 0.4) is 0 Å². The van der Waals surface area contributed by atoms with Crippen molar-refractivity contribution >= 4 is 17.6 Å². The fourth-order valence-corrected chi connectivity index (χ4v) is 2.42. The molecule has 25 heavy (non-hydrogen) atoms. The standard InChI is InChI=1S/C19H21NO5/c1-12-5-3-6-13(2)18(12)25-10-4-7-17(22)20-15-9-8-14(19(23)24)11-16(15)21/h3,5-6,8-9,11,21H,4,7,10H2,1-2H3,(H,20,22)(H,23,24). The number of para-hydroxylation sites is 1. The number of benzene rings is 2. The Morgan fingerprint density at radius 3 is 2.40 bits per heavy atom. The number of phenols is 1. The van der Waals surface area contributed by atoms with E-state index >= 15 is 0 Å². The van der Waals surface area contributed by atoms with Crippen molar-refractivity contribution in [3.05, 3.63) is 53.1 Å². The molecule has 0 radical (unpaired) electrons. The molecule has 0 saturated heterocycles. The number of carboxylic acid groups (broad SMARTS) is 1. The molecule has 132 valence electrons. The number of carboxylic acids is 1. The highest BCUT2D eigenvalue weighted by Crippen LogP contribution is 2.25. The minimum atomic E-state index is -1.14. The highest BCUT2D eigenvalue weighted by molar-refractivity contribution is 5.94. The molecule has 6 heteroatoms. The topological polar surface area (TPSA) is 95.9 Å². The van der Waals surface area contributed by atoms with E-state index in [0.29, 0.717) is 13.0 Å². The zero-order valence-electron chi connectivity index (χ0n) is 14.2. The van der Waals surface area contributed by atoms with E-state index in [1.165, 1.54) is 12.1 Å². The third-order valence-corrected chi connectivity index (χ3v) is 3.72. The molecule has 2 aromatic carbocycles. The predicted molar refractivity (Wildman–Crippen MR) is 94.3 cm³/mol. The van der Waals surface area contributed by atoms with Crippen molar-refractivity contribution < 1.29 is 24.5 Å². The molecule has 2 rings (SSSR count). The third kappa shape index (κ3) is 4.97. The summed E-state index contributed by atoms with van der Waals surface area (Å²) in [4.78, 5) is 22.7. The van der Waals surface area contributed by atoms with Crippen LogP contribution in [0.4, 0.5) is 5.69 Å². The van der Waals surface area contributed by atoms with E-state index in [1.54, 1.807) is 0 Å². The van der Waals surface area contributed by atoms with Crippen molar-refractivity contribution in [3.63, 3.8) is 0 Å². The van der Waals surface area contributed by atoms with E-state index in [1.807, 2.05) is 32.0 Å². The molecule has 0 unspecified atom stereocenters. The smallest absolute Gasteiger partial charge is 0.335 e. The molecule has 0 saturated carbocycles. The van der Waals surface area contributed by atoms with Crippen LogP contribution in [0.1, 0.15) is 34.3 Å². The fraction of sp³-hybridized carbons (Fsp3) is 0.263. The number of phenolic OH excluding ortho intramolecular Hbond substituents is 1. The van der Waals surface area contributed by atoms with Crippen molar-refractivity contribution in [3.8, 4) is 11.5 Å². The van der Waals surface area contributed by atoms with E-state index in [-0.39, 0.29) is 29.3 Å². The summed E-state index contributed by atoms with van der Waals surface area (Å²) in [7, 11) is 0. The van der Waals surface area contributed by atoms with Crippen LogP contribution >= 0.6 is 0 Å². The van der Waals surface area contributed by atoms with Gasteiger partial charge in [0.2, 0.25) is 5.91 Å². The summed E-state index contributed by atoms with van der Waals surface area (Å²) in [6.45, 7) is 4.35. The van der Waals surface area contributed by atoms with Crippen molar-refractivity contribution in [1.82, 2.24) is 0 Å². The average Bonchev–Trinajstić information content (AvgIpc) is 2.55. The molecule has 6 nitrogen and oxygen atoms in total. The molecular formula is C19H21NO5. The predicted octanol–water partition coefficient (Wildman–Crippen LogP) is 3.50. The highest BCUT2D eigenvalue weighted by Gasteiger charge is 2.10. The number of ether oxygens (including phenoxy) is 1. The van der Waals surface area contributed by atoms with Crippen LogP contribution in [0.15, 0.2) is 36.4 Å². The Balaban J connectivity index is 1.82. The summed E-state index contributed by atoms with van der Waals surface area (Å²) in [6, 6.07) is 9.69. The monoisotopic (exact) mass is 343 g/mol. The summed E-state index contributed by atoms with van der Waals surface area (Å²) < 4.78 is 5.74. The molecule has 0 heterocycles. The quantitative estimate of drug-likeness (QED) is 0.528. The average molecular weight is 343 g/mol. The first-order valence-corrected chi connectivity index (χ1v) is 7.93. The van der Waals surface area contributed by atoms with Gasteiger partial charge < -0.3 is 20.3 Å². The van der Waals surface area contributed by atoms with Gasteiger partial charge in [-0.05, 0) is 49.6 Å². The first-order chi connectivity index (χ1) is 11.9. The van der Waals surface area contributed by atoms with Gasteiger partial charge in [-0.3, -0.25) is 4.79 Å². The summed E-state index contributed by atoms with van der Waals surface area (Å²) in [5, 5.41) is 21.2. The molecule has 3 N–H and O–H groups in total. The van der Waals surface area contributed by atoms with E-state index in [0.717, 1.165) is 22.9 Å². The summed E-state index contributed by atoms with van der Waals surface area (Å²) >= 11 is 0. The van der Waals surface area contributed by atoms with Gasteiger partial charge in [0, 0.05) is 6.42 Å². The zero-order chi connectivity index (χ0) is 18.4. The molecule has 0 aliphatic rings. The number of carbonyl (C=O) groups excluding carboxylic acids is 1. The molecule has 0 aromatic heterocycles. The van der Waals surface area contributed by atoms with Gasteiger partial charge in [-0.15, -0.1) is 0 Å². The van der Waals surface area contributed by atoms with Gasteiger partial charge in [0.15, 0.2) is 0 Å². The van der Waals surface area contributed by atoms with E-state index in [9.17, 15) is 14.7 Å². The minimum Gasteiger partial charge on any atom is -0.506 e. The Labute approximate surface area is 146 Å². The molecule has 2 aromatic rings.